The molecule has 3 nitrogen and oxygen atoms in total. The van der Waals surface area contributed by atoms with Gasteiger partial charge < -0.3 is 4.74 Å². The molecule has 0 saturated carbocycles. The summed E-state index contributed by atoms with van der Waals surface area (Å²) < 4.78 is 46.6. The van der Waals surface area contributed by atoms with E-state index in [9.17, 15) is 13.2 Å². The Labute approximate surface area is 162 Å². The molecular weight excluding hydrogens is 365 g/mol. The summed E-state index contributed by atoms with van der Waals surface area (Å²) in [7, 11) is 0. The summed E-state index contributed by atoms with van der Waals surface area (Å²) in [5.74, 6) is 0.417. The number of alkyl halides is 2. The van der Waals surface area contributed by atoms with Crippen LogP contribution >= 0.6 is 0 Å². The average Bonchev–Trinajstić information content (AvgIpc) is 2.65. The number of pyridine rings is 2. The third kappa shape index (κ3) is 4.61. The number of ether oxygens (including phenoxy) is 1. The largest absolute Gasteiger partial charge is 0.491 e. The van der Waals surface area contributed by atoms with Crippen molar-refractivity contribution < 1.29 is 17.9 Å². The Morgan fingerprint density at radius 3 is 2.54 bits per heavy atom. The van der Waals surface area contributed by atoms with Gasteiger partial charge in [-0.15, -0.1) is 0 Å². The maximum atomic E-state index is 13.7. The summed E-state index contributed by atoms with van der Waals surface area (Å²) in [5.41, 5.74) is 1.23. The molecule has 0 aliphatic heterocycles. The van der Waals surface area contributed by atoms with Gasteiger partial charge in [-0.05, 0) is 48.6 Å². The van der Waals surface area contributed by atoms with Crippen molar-refractivity contribution in [3.05, 3.63) is 54.1 Å². The number of fused-ring (bicyclic) bond motifs is 1. The van der Waals surface area contributed by atoms with Gasteiger partial charge in [-0.2, -0.15) is 0 Å². The average molecular weight is 388 g/mol. The van der Waals surface area contributed by atoms with Crippen molar-refractivity contribution in [1.82, 2.24) is 9.97 Å². The molecule has 0 amide bonds. The molecule has 0 fully saturated rings. The Balaban J connectivity index is 1.94. The Kier molecular flexibility index (Phi) is 6.17. The van der Waals surface area contributed by atoms with Crippen LogP contribution in [0, 0.1) is 17.7 Å². The van der Waals surface area contributed by atoms with Crippen molar-refractivity contribution in [2.45, 2.75) is 33.6 Å². The van der Waals surface area contributed by atoms with Gasteiger partial charge in [0.2, 0.25) is 0 Å². The first kappa shape index (κ1) is 20.1. The van der Waals surface area contributed by atoms with E-state index in [4.69, 9.17) is 4.74 Å². The molecule has 2 aromatic heterocycles. The molecule has 1 aromatic carbocycles. The van der Waals surface area contributed by atoms with Crippen molar-refractivity contribution in [2.75, 3.05) is 6.61 Å². The van der Waals surface area contributed by atoms with Gasteiger partial charge in [0, 0.05) is 17.1 Å². The second-order valence-electron chi connectivity index (χ2n) is 7.47. The summed E-state index contributed by atoms with van der Waals surface area (Å²) in [6, 6.07) is 7.15. The SMILES string of the molecule is CC(C)C[C@@H](C)COc1cnc(-c2ccnc3ccc(F)cc23)cc1C(F)F. The Morgan fingerprint density at radius 1 is 1.04 bits per heavy atom. The Hall–Kier alpha value is -2.63. The molecule has 6 heteroatoms. The van der Waals surface area contributed by atoms with Crippen LogP contribution in [0.4, 0.5) is 13.2 Å². The van der Waals surface area contributed by atoms with Gasteiger partial charge in [0.05, 0.1) is 29.6 Å². The van der Waals surface area contributed by atoms with Crippen LogP contribution < -0.4 is 4.74 Å². The number of benzene rings is 1. The molecule has 0 N–H and O–H groups in total. The highest BCUT2D eigenvalue weighted by molar-refractivity contribution is 5.93. The smallest absolute Gasteiger partial charge is 0.267 e. The maximum absolute atomic E-state index is 13.7. The van der Waals surface area contributed by atoms with Crippen molar-refractivity contribution in [1.29, 1.82) is 0 Å². The zero-order valence-electron chi connectivity index (χ0n) is 16.1. The van der Waals surface area contributed by atoms with E-state index in [0.717, 1.165) is 6.42 Å². The normalized spacial score (nSPS) is 12.7. The molecule has 0 spiro atoms. The van der Waals surface area contributed by atoms with E-state index in [0.29, 0.717) is 34.7 Å². The second kappa shape index (κ2) is 8.59. The van der Waals surface area contributed by atoms with Crippen molar-refractivity contribution >= 4 is 10.9 Å². The molecule has 0 aliphatic carbocycles. The minimum absolute atomic E-state index is 0.0823. The molecule has 0 saturated heterocycles. The number of halogens is 3. The van der Waals surface area contributed by atoms with E-state index in [1.165, 1.54) is 24.4 Å². The standard InChI is InChI=1S/C22H23F3N2O/c1-13(2)8-14(3)12-28-21-11-27-20(10-18(21)22(24)25)16-6-7-26-19-5-4-15(23)9-17(16)19/h4-7,9-11,13-14,22H,8,12H2,1-3H3/t14-/m1/s1. The number of aromatic nitrogens is 2. The first-order chi connectivity index (χ1) is 13.3. The van der Waals surface area contributed by atoms with Gasteiger partial charge in [-0.25, -0.2) is 13.2 Å². The van der Waals surface area contributed by atoms with Gasteiger partial charge in [-0.1, -0.05) is 20.8 Å². The molecule has 0 bridgehead atoms. The van der Waals surface area contributed by atoms with Gasteiger partial charge in [0.15, 0.2) is 0 Å². The van der Waals surface area contributed by atoms with Crippen LogP contribution in [-0.2, 0) is 0 Å². The fourth-order valence-corrected chi connectivity index (χ4v) is 3.34. The molecule has 0 unspecified atom stereocenters. The van der Waals surface area contributed by atoms with Gasteiger partial charge >= 0.3 is 0 Å². The minimum atomic E-state index is -2.71. The lowest BCUT2D eigenvalue weighted by atomic mass is 10.00. The van der Waals surface area contributed by atoms with Crippen LogP contribution in [0.5, 0.6) is 5.75 Å². The van der Waals surface area contributed by atoms with Crippen molar-refractivity contribution in [3.63, 3.8) is 0 Å². The lowest BCUT2D eigenvalue weighted by Gasteiger charge is -2.17. The van der Waals surface area contributed by atoms with E-state index < -0.39 is 12.2 Å². The van der Waals surface area contributed by atoms with Crippen LogP contribution in [0.1, 0.15) is 39.2 Å². The van der Waals surface area contributed by atoms with Crippen LogP contribution in [0.15, 0.2) is 42.7 Å². The number of nitrogens with zero attached hydrogens (tertiary/aromatic N) is 2. The Bertz CT molecular complexity index is 960. The quantitative estimate of drug-likeness (QED) is 0.467. The van der Waals surface area contributed by atoms with Gasteiger partial charge in [0.25, 0.3) is 6.43 Å². The number of rotatable bonds is 7. The molecular formula is C22H23F3N2O. The Morgan fingerprint density at radius 2 is 1.82 bits per heavy atom. The first-order valence-corrected chi connectivity index (χ1v) is 9.30. The van der Waals surface area contributed by atoms with Crippen molar-refractivity contribution in [2.24, 2.45) is 11.8 Å². The fourth-order valence-electron chi connectivity index (χ4n) is 3.34. The predicted molar refractivity (Wildman–Crippen MR) is 104 cm³/mol. The second-order valence-corrected chi connectivity index (χ2v) is 7.47. The molecule has 3 rings (SSSR count). The third-order valence-electron chi connectivity index (χ3n) is 4.51. The van der Waals surface area contributed by atoms with Crippen LogP contribution in [0.3, 0.4) is 0 Å². The van der Waals surface area contributed by atoms with Crippen LogP contribution in [0.25, 0.3) is 22.2 Å². The van der Waals surface area contributed by atoms with Gasteiger partial charge in [-0.3, -0.25) is 9.97 Å². The minimum Gasteiger partial charge on any atom is -0.491 e. The maximum Gasteiger partial charge on any atom is 0.267 e. The highest BCUT2D eigenvalue weighted by Gasteiger charge is 2.18. The molecule has 2 heterocycles. The molecule has 0 radical (unpaired) electrons. The van der Waals surface area contributed by atoms with E-state index in [1.54, 1.807) is 18.3 Å². The van der Waals surface area contributed by atoms with Crippen LogP contribution in [-0.4, -0.2) is 16.6 Å². The van der Waals surface area contributed by atoms with Crippen LogP contribution in [0.2, 0.25) is 0 Å². The fraction of sp³-hybridized carbons (Fsp3) is 0.364. The zero-order valence-corrected chi connectivity index (χ0v) is 16.1. The molecule has 28 heavy (non-hydrogen) atoms. The number of hydrogen-bond acceptors (Lipinski definition) is 3. The summed E-state index contributed by atoms with van der Waals surface area (Å²) >= 11 is 0. The molecule has 1 atom stereocenters. The highest BCUT2D eigenvalue weighted by Crippen LogP contribution is 2.34. The molecule has 3 aromatic rings. The van der Waals surface area contributed by atoms with Crippen molar-refractivity contribution in [3.8, 4) is 17.0 Å². The van der Waals surface area contributed by atoms with E-state index in [1.807, 2.05) is 6.92 Å². The topological polar surface area (TPSA) is 35.0 Å². The van der Waals surface area contributed by atoms with E-state index in [-0.39, 0.29) is 17.2 Å². The zero-order chi connectivity index (χ0) is 20.3. The monoisotopic (exact) mass is 388 g/mol. The summed E-state index contributed by atoms with van der Waals surface area (Å²) in [5, 5.41) is 0.523. The van der Waals surface area contributed by atoms with Gasteiger partial charge in [0.1, 0.15) is 11.6 Å². The summed E-state index contributed by atoms with van der Waals surface area (Å²) in [6.45, 7) is 6.60. The molecule has 0 aliphatic rings. The highest BCUT2D eigenvalue weighted by atomic mass is 19.3. The lowest BCUT2D eigenvalue weighted by molar-refractivity contribution is 0.142. The summed E-state index contributed by atoms with van der Waals surface area (Å²) in [6.07, 6.45) is 1.12. The lowest BCUT2D eigenvalue weighted by Crippen LogP contribution is -2.12. The third-order valence-corrected chi connectivity index (χ3v) is 4.51. The summed E-state index contributed by atoms with van der Waals surface area (Å²) in [4.78, 5) is 8.49. The molecule has 148 valence electrons. The van der Waals surface area contributed by atoms with E-state index in [2.05, 4.69) is 23.8 Å². The first-order valence-electron chi connectivity index (χ1n) is 9.30. The van der Waals surface area contributed by atoms with E-state index >= 15 is 0 Å². The number of hydrogen-bond donors (Lipinski definition) is 0. The predicted octanol–water partition coefficient (Wildman–Crippen LogP) is 6.43.